The molecule has 0 radical (unpaired) electrons. The topological polar surface area (TPSA) is 63.4 Å². The summed E-state index contributed by atoms with van der Waals surface area (Å²) in [5.41, 5.74) is 6.14. The summed E-state index contributed by atoms with van der Waals surface area (Å²) in [4.78, 5) is 0.243. The molecule has 0 fully saturated rings. The number of anilines is 1. The van der Waals surface area contributed by atoms with Gasteiger partial charge in [-0.15, -0.1) is 0 Å². The Morgan fingerprint density at radius 2 is 2.11 bits per heavy atom. The van der Waals surface area contributed by atoms with Crippen LogP contribution in [0.1, 0.15) is 6.92 Å². The molecule has 0 amide bonds. The van der Waals surface area contributed by atoms with E-state index in [9.17, 15) is 8.42 Å². The largest absolute Gasteiger partial charge is 0.399 e. The van der Waals surface area contributed by atoms with Crippen molar-refractivity contribution in [2.75, 3.05) is 24.8 Å². The number of nitrogens with two attached hydrogens (primary N) is 1. The van der Waals surface area contributed by atoms with Crippen LogP contribution < -0.4 is 5.73 Å². The second-order valence-electron chi connectivity index (χ2n) is 4.02. The molecule has 0 spiro atoms. The lowest BCUT2D eigenvalue weighted by molar-refractivity contribution is 0.415. The highest BCUT2D eigenvalue weighted by Crippen LogP contribution is 2.27. The zero-order valence-corrected chi connectivity index (χ0v) is 13.8. The van der Waals surface area contributed by atoms with Gasteiger partial charge in [0.25, 0.3) is 0 Å². The Kier molecular flexibility index (Phi) is 5.51. The van der Waals surface area contributed by atoms with Crippen molar-refractivity contribution in [3.05, 3.63) is 22.7 Å². The smallest absolute Gasteiger partial charge is 0.244 e. The number of rotatable bonds is 5. The molecular weight excluding hydrogens is 336 g/mol. The van der Waals surface area contributed by atoms with E-state index in [-0.39, 0.29) is 10.9 Å². The summed E-state index contributed by atoms with van der Waals surface area (Å²) in [5.74, 6) is 0.752. The van der Waals surface area contributed by atoms with Gasteiger partial charge in [-0.05, 0) is 47.3 Å². The Labute approximate surface area is 121 Å². The van der Waals surface area contributed by atoms with Gasteiger partial charge in [0.15, 0.2) is 0 Å². The highest BCUT2D eigenvalue weighted by molar-refractivity contribution is 9.10. The molecule has 1 rings (SSSR count). The van der Waals surface area contributed by atoms with Crippen LogP contribution >= 0.6 is 27.7 Å². The molecule has 1 atom stereocenters. The van der Waals surface area contributed by atoms with Crippen LogP contribution in [0.2, 0.25) is 0 Å². The lowest BCUT2D eigenvalue weighted by atomic mass is 10.3. The van der Waals surface area contributed by atoms with Gasteiger partial charge in [-0.3, -0.25) is 0 Å². The van der Waals surface area contributed by atoms with Crippen molar-refractivity contribution >= 4 is 43.4 Å². The van der Waals surface area contributed by atoms with Gasteiger partial charge in [0.2, 0.25) is 10.0 Å². The quantitative estimate of drug-likeness (QED) is 0.826. The van der Waals surface area contributed by atoms with Gasteiger partial charge in [0, 0.05) is 29.0 Å². The number of hydrogen-bond donors (Lipinski definition) is 1. The molecule has 4 nitrogen and oxygen atoms in total. The molecule has 1 aromatic rings. The second kappa shape index (κ2) is 6.27. The molecule has 0 bridgehead atoms. The molecule has 18 heavy (non-hydrogen) atoms. The Morgan fingerprint density at radius 1 is 1.50 bits per heavy atom. The van der Waals surface area contributed by atoms with E-state index < -0.39 is 10.0 Å². The minimum atomic E-state index is -3.49. The fraction of sp³-hybridized carbons (Fsp3) is 0.455. The van der Waals surface area contributed by atoms with Gasteiger partial charge in [-0.25, -0.2) is 8.42 Å². The normalized spacial score (nSPS) is 13.8. The molecule has 0 saturated carbocycles. The second-order valence-corrected chi connectivity index (χ2v) is 7.75. The van der Waals surface area contributed by atoms with Gasteiger partial charge in [-0.1, -0.05) is 0 Å². The van der Waals surface area contributed by atoms with Crippen molar-refractivity contribution in [3.8, 4) is 0 Å². The number of sulfonamides is 1. The summed E-state index contributed by atoms with van der Waals surface area (Å²) in [7, 11) is -1.89. The lowest BCUT2D eigenvalue weighted by Gasteiger charge is -2.24. The van der Waals surface area contributed by atoms with Crippen molar-refractivity contribution in [2.45, 2.75) is 17.9 Å². The molecule has 1 aromatic carbocycles. The van der Waals surface area contributed by atoms with Gasteiger partial charge >= 0.3 is 0 Å². The van der Waals surface area contributed by atoms with E-state index in [0.717, 1.165) is 5.75 Å². The first-order chi connectivity index (χ1) is 8.30. The molecule has 0 heterocycles. The van der Waals surface area contributed by atoms with Gasteiger partial charge < -0.3 is 5.73 Å². The maximum atomic E-state index is 12.4. The van der Waals surface area contributed by atoms with Crippen molar-refractivity contribution in [2.24, 2.45) is 0 Å². The van der Waals surface area contributed by atoms with E-state index in [1.165, 1.54) is 10.4 Å². The third-order valence-electron chi connectivity index (χ3n) is 2.64. The van der Waals surface area contributed by atoms with Crippen LogP contribution in [0.25, 0.3) is 0 Å². The predicted molar refractivity (Wildman–Crippen MR) is 81.3 cm³/mol. The zero-order chi connectivity index (χ0) is 13.9. The molecule has 0 saturated heterocycles. The molecule has 0 aliphatic rings. The molecule has 0 aromatic heterocycles. The summed E-state index contributed by atoms with van der Waals surface area (Å²) in [6.45, 7) is 1.89. The van der Waals surface area contributed by atoms with Crippen LogP contribution in [0.15, 0.2) is 27.6 Å². The SMILES string of the molecule is CSCC(C)N(C)S(=O)(=O)c1ccc(N)cc1Br. The Balaban J connectivity index is 3.13. The van der Waals surface area contributed by atoms with E-state index >= 15 is 0 Å². The fourth-order valence-corrected chi connectivity index (χ4v) is 4.68. The third-order valence-corrected chi connectivity index (χ3v) is 6.41. The van der Waals surface area contributed by atoms with Crippen molar-refractivity contribution in [1.82, 2.24) is 4.31 Å². The van der Waals surface area contributed by atoms with Crippen LogP contribution in [0.3, 0.4) is 0 Å². The first-order valence-corrected chi connectivity index (χ1v) is 8.95. The number of nitrogen functional groups attached to an aromatic ring is 1. The first kappa shape index (κ1) is 15.8. The average Bonchev–Trinajstić information content (AvgIpc) is 2.27. The monoisotopic (exact) mass is 352 g/mol. The number of nitrogens with zero attached hydrogens (tertiary/aromatic N) is 1. The van der Waals surface area contributed by atoms with Crippen LogP contribution in [0.4, 0.5) is 5.69 Å². The Morgan fingerprint density at radius 3 is 2.61 bits per heavy atom. The number of thioether (sulfide) groups is 1. The highest BCUT2D eigenvalue weighted by atomic mass is 79.9. The van der Waals surface area contributed by atoms with E-state index in [1.54, 1.807) is 30.9 Å². The minimum absolute atomic E-state index is 0.0607. The molecule has 0 aliphatic heterocycles. The summed E-state index contributed by atoms with van der Waals surface area (Å²) in [6, 6.07) is 4.65. The molecule has 1 unspecified atom stereocenters. The van der Waals surface area contributed by atoms with E-state index in [4.69, 9.17) is 5.73 Å². The van der Waals surface area contributed by atoms with Crippen molar-refractivity contribution < 1.29 is 8.42 Å². The van der Waals surface area contributed by atoms with Crippen LogP contribution in [-0.2, 0) is 10.0 Å². The third kappa shape index (κ3) is 3.40. The summed E-state index contributed by atoms with van der Waals surface area (Å²) < 4.78 is 26.7. The number of benzene rings is 1. The first-order valence-electron chi connectivity index (χ1n) is 5.32. The van der Waals surface area contributed by atoms with E-state index in [1.807, 2.05) is 13.2 Å². The van der Waals surface area contributed by atoms with E-state index in [2.05, 4.69) is 15.9 Å². The Bertz CT molecular complexity index is 520. The minimum Gasteiger partial charge on any atom is -0.399 e. The summed E-state index contributed by atoms with van der Waals surface area (Å²) in [5, 5.41) is 0. The number of hydrogen-bond acceptors (Lipinski definition) is 4. The van der Waals surface area contributed by atoms with E-state index in [0.29, 0.717) is 10.2 Å². The Hall–Kier alpha value is -0.240. The molecular formula is C11H17BrN2O2S2. The van der Waals surface area contributed by atoms with Crippen LogP contribution in [0.5, 0.6) is 0 Å². The number of halogens is 1. The van der Waals surface area contributed by atoms with Gasteiger partial charge in [0.1, 0.15) is 0 Å². The van der Waals surface area contributed by atoms with Crippen LogP contribution in [-0.4, -0.2) is 37.8 Å². The lowest BCUT2D eigenvalue weighted by Crippen LogP contribution is -2.36. The van der Waals surface area contributed by atoms with Crippen LogP contribution in [0, 0.1) is 0 Å². The molecule has 7 heteroatoms. The standard InChI is InChI=1S/C11H17BrN2O2S2/c1-8(7-17-3)14(2)18(15,16)11-5-4-9(13)6-10(11)12/h4-6,8H,7,13H2,1-3H3. The maximum Gasteiger partial charge on any atom is 0.244 e. The summed E-state index contributed by atoms with van der Waals surface area (Å²) in [6.07, 6.45) is 1.95. The zero-order valence-electron chi connectivity index (χ0n) is 10.6. The van der Waals surface area contributed by atoms with Crippen molar-refractivity contribution in [3.63, 3.8) is 0 Å². The fourth-order valence-electron chi connectivity index (χ4n) is 1.46. The van der Waals surface area contributed by atoms with Gasteiger partial charge in [0.05, 0.1) is 4.90 Å². The van der Waals surface area contributed by atoms with Gasteiger partial charge in [-0.2, -0.15) is 16.1 Å². The molecule has 2 N–H and O–H groups in total. The van der Waals surface area contributed by atoms with Crippen molar-refractivity contribution in [1.29, 1.82) is 0 Å². The average molecular weight is 353 g/mol. The molecule has 0 aliphatic carbocycles. The summed E-state index contributed by atoms with van der Waals surface area (Å²) >= 11 is 4.87. The molecule has 102 valence electrons. The predicted octanol–water partition coefficient (Wildman–Crippen LogP) is 2.40. The highest BCUT2D eigenvalue weighted by Gasteiger charge is 2.26. The maximum absolute atomic E-state index is 12.4.